The van der Waals surface area contributed by atoms with E-state index in [-0.39, 0.29) is 11.3 Å². The van der Waals surface area contributed by atoms with Crippen molar-refractivity contribution in [2.75, 3.05) is 7.11 Å². The molecular weight excluding hydrogens is 375 g/mol. The summed E-state index contributed by atoms with van der Waals surface area (Å²) < 4.78 is 5.75. The summed E-state index contributed by atoms with van der Waals surface area (Å²) in [6.45, 7) is 0. The maximum absolute atomic E-state index is 11.4. The minimum absolute atomic E-state index is 0.0673. The predicted octanol–water partition coefficient (Wildman–Crippen LogP) is 3.93. The van der Waals surface area contributed by atoms with Crippen molar-refractivity contribution in [3.05, 3.63) is 51.6 Å². The number of phenolic OH excluding ortho intramolecular Hbond substituents is 1. The van der Waals surface area contributed by atoms with Gasteiger partial charge in [0.25, 0.3) is 0 Å². The highest BCUT2D eigenvalue weighted by Crippen LogP contribution is 2.31. The number of aromatic hydroxyl groups is 1. The van der Waals surface area contributed by atoms with Crippen LogP contribution < -0.4 is 0 Å². The molecule has 98 valence electrons. The maximum Gasteiger partial charge on any atom is 0.341 e. The zero-order chi connectivity index (χ0) is 13.8. The minimum Gasteiger partial charge on any atom is -0.507 e. The van der Waals surface area contributed by atoms with E-state index in [0.717, 1.165) is 9.79 Å². The summed E-state index contributed by atoms with van der Waals surface area (Å²) in [4.78, 5) is 13.3. The van der Waals surface area contributed by atoms with Gasteiger partial charge in [-0.1, -0.05) is 11.8 Å². The smallest absolute Gasteiger partial charge is 0.341 e. The fourth-order valence-corrected chi connectivity index (χ4v) is 2.71. The molecule has 5 heteroatoms. The monoisotopic (exact) mass is 386 g/mol. The third kappa shape index (κ3) is 3.63. The van der Waals surface area contributed by atoms with Crippen molar-refractivity contribution in [3.8, 4) is 5.75 Å². The van der Waals surface area contributed by atoms with Gasteiger partial charge < -0.3 is 9.84 Å². The summed E-state index contributed by atoms with van der Waals surface area (Å²) in [6, 6.07) is 13.0. The van der Waals surface area contributed by atoms with E-state index in [1.807, 2.05) is 24.3 Å². The molecule has 1 N–H and O–H groups in total. The number of benzene rings is 2. The standard InChI is InChI=1S/C14H11IO3S/c1-18-14(17)12-7-6-11(8-13(12)16)19-10-4-2-9(15)3-5-10/h2-8,16H,1H3. The molecule has 0 radical (unpaired) electrons. The van der Waals surface area contributed by atoms with Crippen LogP contribution in [0.25, 0.3) is 0 Å². The molecule has 2 rings (SSSR count). The molecule has 2 aromatic rings. The summed E-state index contributed by atoms with van der Waals surface area (Å²) in [6.07, 6.45) is 0. The Morgan fingerprint density at radius 3 is 2.37 bits per heavy atom. The summed E-state index contributed by atoms with van der Waals surface area (Å²) in [5, 5.41) is 9.80. The van der Waals surface area contributed by atoms with Crippen LogP contribution in [-0.2, 0) is 4.74 Å². The number of hydrogen-bond acceptors (Lipinski definition) is 4. The molecule has 0 aliphatic rings. The van der Waals surface area contributed by atoms with Gasteiger partial charge in [0.1, 0.15) is 11.3 Å². The molecule has 2 aromatic carbocycles. The average Bonchev–Trinajstić information content (AvgIpc) is 2.41. The largest absolute Gasteiger partial charge is 0.507 e. The van der Waals surface area contributed by atoms with Crippen molar-refractivity contribution >= 4 is 40.3 Å². The fraction of sp³-hybridized carbons (Fsp3) is 0.0714. The van der Waals surface area contributed by atoms with Crippen molar-refractivity contribution in [2.45, 2.75) is 9.79 Å². The van der Waals surface area contributed by atoms with Crippen molar-refractivity contribution in [2.24, 2.45) is 0 Å². The molecule has 0 aromatic heterocycles. The first-order valence-electron chi connectivity index (χ1n) is 5.45. The Hall–Kier alpha value is -1.21. The van der Waals surface area contributed by atoms with Crippen molar-refractivity contribution < 1.29 is 14.6 Å². The van der Waals surface area contributed by atoms with Crippen LogP contribution in [0.4, 0.5) is 0 Å². The number of halogens is 1. The second-order valence-corrected chi connectivity index (χ2v) is 6.12. The summed E-state index contributed by atoms with van der Waals surface area (Å²) in [5.74, 6) is -0.606. The van der Waals surface area contributed by atoms with Gasteiger partial charge in [-0.15, -0.1) is 0 Å². The van der Waals surface area contributed by atoms with Gasteiger partial charge in [-0.05, 0) is 65.1 Å². The van der Waals surface area contributed by atoms with Crippen LogP contribution in [0, 0.1) is 3.57 Å². The highest BCUT2D eigenvalue weighted by atomic mass is 127. The third-order valence-electron chi connectivity index (χ3n) is 2.42. The molecule has 0 amide bonds. The second kappa shape index (κ2) is 6.29. The van der Waals surface area contributed by atoms with Crippen LogP contribution in [0.5, 0.6) is 5.75 Å². The summed E-state index contributed by atoms with van der Waals surface area (Å²) in [5.41, 5.74) is 0.175. The number of rotatable bonds is 3. The SMILES string of the molecule is COC(=O)c1ccc(Sc2ccc(I)cc2)cc1O. The number of carbonyl (C=O) groups excluding carboxylic acids is 1. The van der Waals surface area contributed by atoms with Gasteiger partial charge in [-0.3, -0.25) is 0 Å². The molecule has 0 saturated heterocycles. The van der Waals surface area contributed by atoms with Crippen molar-refractivity contribution in [3.63, 3.8) is 0 Å². The fourth-order valence-electron chi connectivity index (χ4n) is 1.50. The van der Waals surface area contributed by atoms with Gasteiger partial charge in [0.2, 0.25) is 0 Å². The van der Waals surface area contributed by atoms with Gasteiger partial charge in [-0.2, -0.15) is 0 Å². The number of phenols is 1. The van der Waals surface area contributed by atoms with E-state index in [4.69, 9.17) is 0 Å². The predicted molar refractivity (Wildman–Crippen MR) is 82.7 cm³/mol. The van der Waals surface area contributed by atoms with E-state index in [2.05, 4.69) is 27.3 Å². The normalized spacial score (nSPS) is 10.2. The van der Waals surface area contributed by atoms with Crippen LogP contribution in [0.3, 0.4) is 0 Å². The Morgan fingerprint density at radius 2 is 1.79 bits per heavy atom. The number of ether oxygens (including phenoxy) is 1. The summed E-state index contributed by atoms with van der Waals surface area (Å²) in [7, 11) is 1.29. The molecule has 0 heterocycles. The highest BCUT2D eigenvalue weighted by Gasteiger charge is 2.11. The zero-order valence-corrected chi connectivity index (χ0v) is 13.1. The first-order valence-corrected chi connectivity index (χ1v) is 7.34. The van der Waals surface area contributed by atoms with E-state index in [9.17, 15) is 9.90 Å². The molecule has 0 unspecified atom stereocenters. The van der Waals surface area contributed by atoms with E-state index in [1.54, 1.807) is 18.2 Å². The Morgan fingerprint density at radius 1 is 1.16 bits per heavy atom. The van der Waals surface area contributed by atoms with Crippen LogP contribution in [0.1, 0.15) is 10.4 Å². The minimum atomic E-state index is -0.539. The van der Waals surface area contributed by atoms with Crippen LogP contribution >= 0.6 is 34.4 Å². The number of methoxy groups -OCH3 is 1. The van der Waals surface area contributed by atoms with Gasteiger partial charge in [0, 0.05) is 13.4 Å². The Kier molecular flexibility index (Phi) is 4.71. The first kappa shape index (κ1) is 14.2. The van der Waals surface area contributed by atoms with Crippen molar-refractivity contribution in [1.82, 2.24) is 0 Å². The molecule has 3 nitrogen and oxygen atoms in total. The molecule has 19 heavy (non-hydrogen) atoms. The number of esters is 1. The van der Waals surface area contributed by atoms with Gasteiger partial charge in [-0.25, -0.2) is 4.79 Å². The Balaban J connectivity index is 2.20. The Labute approximate surface area is 129 Å². The maximum atomic E-state index is 11.4. The van der Waals surface area contributed by atoms with E-state index in [0.29, 0.717) is 0 Å². The Bertz CT molecular complexity index is 596. The molecule has 0 bridgehead atoms. The van der Waals surface area contributed by atoms with Crippen molar-refractivity contribution in [1.29, 1.82) is 0 Å². The second-order valence-electron chi connectivity index (χ2n) is 3.73. The van der Waals surface area contributed by atoms with E-state index < -0.39 is 5.97 Å². The van der Waals surface area contributed by atoms with Crippen LogP contribution in [-0.4, -0.2) is 18.2 Å². The zero-order valence-electron chi connectivity index (χ0n) is 10.1. The lowest BCUT2D eigenvalue weighted by atomic mass is 10.2. The van der Waals surface area contributed by atoms with Crippen LogP contribution in [0.15, 0.2) is 52.3 Å². The molecule has 0 atom stereocenters. The molecule has 0 fully saturated rings. The third-order valence-corrected chi connectivity index (χ3v) is 4.14. The van der Waals surface area contributed by atoms with Gasteiger partial charge in [0.15, 0.2) is 0 Å². The quantitative estimate of drug-likeness (QED) is 0.642. The molecule has 0 aliphatic carbocycles. The summed E-state index contributed by atoms with van der Waals surface area (Å²) >= 11 is 3.77. The average molecular weight is 386 g/mol. The van der Waals surface area contributed by atoms with Gasteiger partial charge >= 0.3 is 5.97 Å². The first-order chi connectivity index (χ1) is 9.10. The highest BCUT2D eigenvalue weighted by molar-refractivity contribution is 14.1. The van der Waals surface area contributed by atoms with E-state index in [1.165, 1.54) is 22.4 Å². The lowest BCUT2D eigenvalue weighted by molar-refractivity contribution is 0.0597. The topological polar surface area (TPSA) is 46.5 Å². The van der Waals surface area contributed by atoms with E-state index >= 15 is 0 Å². The molecule has 0 aliphatic heterocycles. The number of hydrogen-bond donors (Lipinski definition) is 1. The molecule has 0 spiro atoms. The lowest BCUT2D eigenvalue weighted by Crippen LogP contribution is -2.01. The van der Waals surface area contributed by atoms with Crippen LogP contribution in [0.2, 0.25) is 0 Å². The number of carbonyl (C=O) groups is 1. The lowest BCUT2D eigenvalue weighted by Gasteiger charge is -2.06. The van der Waals surface area contributed by atoms with Gasteiger partial charge in [0.05, 0.1) is 7.11 Å². The molecular formula is C14H11IO3S. The molecule has 0 saturated carbocycles.